The molecule has 0 radical (unpaired) electrons. The molecule has 0 amide bonds. The van der Waals surface area contributed by atoms with Crippen LogP contribution in [0.25, 0.3) is 0 Å². The van der Waals surface area contributed by atoms with E-state index in [9.17, 15) is 4.57 Å². The normalized spacial score (nSPS) is 13.9. The van der Waals surface area contributed by atoms with Crippen molar-refractivity contribution in [3.05, 3.63) is 0 Å². The number of hydrogen-bond donors (Lipinski definition) is 4. The van der Waals surface area contributed by atoms with E-state index in [1.165, 1.54) is 44.9 Å². The second-order valence-corrected chi connectivity index (χ2v) is 17.0. The molecule has 0 aromatic heterocycles. The molecule has 0 aliphatic heterocycles. The van der Waals surface area contributed by atoms with Gasteiger partial charge in [0, 0.05) is 19.3 Å². The van der Waals surface area contributed by atoms with Crippen molar-refractivity contribution in [2.75, 3.05) is 104 Å². The number of hydrogen-bond acceptors (Lipinski definition) is 11. The summed E-state index contributed by atoms with van der Waals surface area (Å²) in [5.41, 5.74) is 22.9. The number of unbranched alkanes of at least 4 members (excludes halogenated alkanes) is 11. The standard InChI is InChI=1S/C36H82N6O5P2/c1-3-5-31-44-48(35-29-41(25-17-21-37)26-18-22-38)45-32-15-13-11-9-7-8-10-12-14-16-34-47-49(43,46-33-6-4-2)36-30-42(27-19-23-39)28-20-24-40/h3-40H2,1-2H3. The van der Waals surface area contributed by atoms with Crippen LogP contribution in [-0.2, 0) is 22.7 Å². The molecular weight excluding hydrogens is 658 g/mol. The topological polar surface area (TPSA) is 165 Å². The molecule has 0 aromatic rings. The third-order valence-electron chi connectivity index (χ3n) is 8.58. The fraction of sp³-hybridized carbons (Fsp3) is 1.00. The second-order valence-electron chi connectivity index (χ2n) is 13.2. The van der Waals surface area contributed by atoms with Gasteiger partial charge < -0.3 is 50.8 Å². The zero-order valence-corrected chi connectivity index (χ0v) is 34.0. The van der Waals surface area contributed by atoms with Crippen molar-refractivity contribution in [2.24, 2.45) is 22.9 Å². The Labute approximate surface area is 304 Å². The Morgan fingerprint density at radius 1 is 0.469 bits per heavy atom. The van der Waals surface area contributed by atoms with Gasteiger partial charge in [-0.05, 0) is 104 Å². The number of nitrogens with zero attached hydrogens (tertiary/aromatic N) is 2. The van der Waals surface area contributed by atoms with Crippen LogP contribution in [0.15, 0.2) is 0 Å². The highest BCUT2D eigenvalue weighted by Crippen LogP contribution is 2.48. The van der Waals surface area contributed by atoms with Crippen LogP contribution in [0.2, 0.25) is 0 Å². The first-order valence-corrected chi connectivity index (χ1v) is 23.2. The molecule has 0 rings (SSSR count). The van der Waals surface area contributed by atoms with Crippen molar-refractivity contribution < 1.29 is 22.7 Å². The van der Waals surface area contributed by atoms with Crippen LogP contribution in [0.1, 0.15) is 129 Å². The van der Waals surface area contributed by atoms with E-state index in [1.54, 1.807) is 0 Å². The van der Waals surface area contributed by atoms with Crippen molar-refractivity contribution in [3.8, 4) is 0 Å². The predicted molar refractivity (Wildman–Crippen MR) is 212 cm³/mol. The van der Waals surface area contributed by atoms with Crippen LogP contribution < -0.4 is 22.9 Å². The summed E-state index contributed by atoms with van der Waals surface area (Å²) in [6.07, 6.45) is 21.3. The number of rotatable bonds is 41. The van der Waals surface area contributed by atoms with Gasteiger partial charge in [-0.25, -0.2) is 0 Å². The molecule has 8 N–H and O–H groups in total. The lowest BCUT2D eigenvalue weighted by Gasteiger charge is -2.25. The molecule has 0 fully saturated rings. The molecule has 13 heteroatoms. The van der Waals surface area contributed by atoms with E-state index in [4.69, 9.17) is 41.0 Å². The maximum atomic E-state index is 13.5. The average Bonchev–Trinajstić information content (AvgIpc) is 3.10. The summed E-state index contributed by atoms with van der Waals surface area (Å²) in [5.74, 6) is 0. The van der Waals surface area contributed by atoms with Gasteiger partial charge in [-0.15, -0.1) is 0 Å². The van der Waals surface area contributed by atoms with Gasteiger partial charge in [-0.1, -0.05) is 78.1 Å². The summed E-state index contributed by atoms with van der Waals surface area (Å²) in [6, 6.07) is 0. The van der Waals surface area contributed by atoms with Crippen LogP contribution in [0.5, 0.6) is 0 Å². The first-order chi connectivity index (χ1) is 24.0. The quantitative estimate of drug-likeness (QED) is 0.0375. The minimum atomic E-state index is -3.11. The summed E-state index contributed by atoms with van der Waals surface area (Å²) in [6.45, 7) is 15.1. The SMILES string of the molecule is CCCCOP(CCN(CCCN)CCCN)OCCCCCCCCCCCCOP(=O)(CCN(CCCN)CCCN)OCCCC. The molecule has 0 heterocycles. The van der Waals surface area contributed by atoms with Crippen molar-refractivity contribution in [1.29, 1.82) is 0 Å². The molecule has 0 aliphatic carbocycles. The molecule has 296 valence electrons. The second kappa shape index (κ2) is 38.0. The van der Waals surface area contributed by atoms with Gasteiger partial charge in [0.25, 0.3) is 0 Å². The fourth-order valence-electron chi connectivity index (χ4n) is 5.40. The first-order valence-electron chi connectivity index (χ1n) is 20.1. The zero-order chi connectivity index (χ0) is 36.1. The van der Waals surface area contributed by atoms with Crippen molar-refractivity contribution in [2.45, 2.75) is 129 Å². The van der Waals surface area contributed by atoms with Gasteiger partial charge in [0.05, 0.1) is 32.6 Å². The highest BCUT2D eigenvalue weighted by molar-refractivity contribution is 7.53. The van der Waals surface area contributed by atoms with E-state index in [1.807, 2.05) is 0 Å². The van der Waals surface area contributed by atoms with E-state index in [0.29, 0.717) is 39.0 Å². The Morgan fingerprint density at radius 3 is 1.29 bits per heavy atom. The Morgan fingerprint density at radius 2 is 0.837 bits per heavy atom. The van der Waals surface area contributed by atoms with Crippen LogP contribution in [-0.4, -0.2) is 114 Å². The molecule has 0 aliphatic rings. The Kier molecular flexibility index (Phi) is 38.2. The molecule has 0 spiro atoms. The molecule has 2 unspecified atom stereocenters. The Hall–Kier alpha value is 0.260. The smallest absolute Gasteiger partial charge is 0.331 e. The Bertz CT molecular complexity index is 703. The molecule has 0 saturated heterocycles. The minimum Gasteiger partial charge on any atom is -0.334 e. The zero-order valence-electron chi connectivity index (χ0n) is 32.2. The maximum absolute atomic E-state index is 13.5. The van der Waals surface area contributed by atoms with Crippen molar-refractivity contribution in [3.63, 3.8) is 0 Å². The minimum absolute atomic E-state index is 0.427. The molecular formula is C36H82N6O5P2. The third kappa shape index (κ3) is 32.6. The molecule has 0 aromatic carbocycles. The van der Waals surface area contributed by atoms with Gasteiger partial charge in [-0.2, -0.15) is 0 Å². The van der Waals surface area contributed by atoms with Crippen molar-refractivity contribution in [1.82, 2.24) is 9.80 Å². The van der Waals surface area contributed by atoms with Gasteiger partial charge in [-0.3, -0.25) is 4.57 Å². The van der Waals surface area contributed by atoms with Gasteiger partial charge in [0.2, 0.25) is 0 Å². The summed E-state index contributed by atoms with van der Waals surface area (Å²) in [4.78, 5) is 4.76. The molecule has 11 nitrogen and oxygen atoms in total. The van der Waals surface area contributed by atoms with Crippen LogP contribution in [0.4, 0.5) is 0 Å². The third-order valence-corrected chi connectivity index (χ3v) is 12.0. The molecule has 2 atom stereocenters. The largest absolute Gasteiger partial charge is 0.334 e. The lowest BCUT2D eigenvalue weighted by atomic mass is 10.1. The molecule has 0 bridgehead atoms. The highest BCUT2D eigenvalue weighted by atomic mass is 31.2. The summed E-state index contributed by atoms with van der Waals surface area (Å²) < 4.78 is 37.7. The predicted octanol–water partition coefficient (Wildman–Crippen LogP) is 7.06. The highest BCUT2D eigenvalue weighted by Gasteiger charge is 2.25. The van der Waals surface area contributed by atoms with Crippen LogP contribution >= 0.6 is 16.0 Å². The molecule has 0 saturated carbocycles. The van der Waals surface area contributed by atoms with Gasteiger partial charge >= 0.3 is 7.60 Å². The molecule has 49 heavy (non-hydrogen) atoms. The first kappa shape index (κ1) is 49.3. The van der Waals surface area contributed by atoms with Gasteiger partial charge in [0.1, 0.15) is 0 Å². The lowest BCUT2D eigenvalue weighted by Crippen LogP contribution is -2.31. The average molecular weight is 741 g/mol. The monoisotopic (exact) mass is 741 g/mol. The van der Waals surface area contributed by atoms with Crippen LogP contribution in [0, 0.1) is 0 Å². The summed E-state index contributed by atoms with van der Waals surface area (Å²) >= 11 is 0. The Balaban J connectivity index is 4.15. The van der Waals surface area contributed by atoms with Gasteiger partial charge in [0.15, 0.2) is 8.38 Å². The van der Waals surface area contributed by atoms with E-state index >= 15 is 0 Å². The van der Waals surface area contributed by atoms with E-state index in [0.717, 1.165) is 136 Å². The maximum Gasteiger partial charge on any atom is 0.331 e. The van der Waals surface area contributed by atoms with Crippen LogP contribution in [0.3, 0.4) is 0 Å². The fourth-order valence-corrected chi connectivity index (χ4v) is 8.52. The number of nitrogens with two attached hydrogens (primary N) is 4. The van der Waals surface area contributed by atoms with E-state index < -0.39 is 16.0 Å². The summed E-state index contributed by atoms with van der Waals surface area (Å²) in [7, 11) is -3.95. The van der Waals surface area contributed by atoms with Crippen molar-refractivity contribution >= 4 is 16.0 Å². The van der Waals surface area contributed by atoms with E-state index in [-0.39, 0.29) is 0 Å². The van der Waals surface area contributed by atoms with E-state index in [2.05, 4.69) is 23.6 Å². The lowest BCUT2D eigenvalue weighted by molar-refractivity contribution is 0.192. The summed E-state index contributed by atoms with van der Waals surface area (Å²) in [5, 5.41) is 0.